The number of nitrogens with zero attached hydrogens (tertiary/aromatic N) is 3. The Morgan fingerprint density at radius 3 is 2.96 bits per heavy atom. The lowest BCUT2D eigenvalue weighted by atomic mass is 9.97. The van der Waals surface area contributed by atoms with Crippen molar-refractivity contribution in [3.8, 4) is 0 Å². The Morgan fingerprint density at radius 1 is 1.20 bits per heavy atom. The molecule has 3 aromatic rings. The molecule has 0 spiro atoms. The minimum atomic E-state index is -0.141. The van der Waals surface area contributed by atoms with Crippen LogP contribution in [0.3, 0.4) is 0 Å². The molecule has 0 radical (unpaired) electrons. The van der Waals surface area contributed by atoms with E-state index in [9.17, 15) is 4.79 Å². The molecule has 2 aromatic heterocycles. The zero-order valence-corrected chi connectivity index (χ0v) is 13.8. The van der Waals surface area contributed by atoms with Crippen molar-refractivity contribution in [2.75, 3.05) is 26.3 Å². The highest BCUT2D eigenvalue weighted by Gasteiger charge is 2.25. The van der Waals surface area contributed by atoms with Gasteiger partial charge in [-0.15, -0.1) is 0 Å². The highest BCUT2D eigenvalue weighted by molar-refractivity contribution is 5.90. The van der Waals surface area contributed by atoms with Gasteiger partial charge in [-0.05, 0) is 30.2 Å². The number of aromatic nitrogens is 2. The second-order valence-electron chi connectivity index (χ2n) is 6.22. The van der Waals surface area contributed by atoms with Crippen LogP contribution in [0.15, 0.2) is 53.4 Å². The van der Waals surface area contributed by atoms with Gasteiger partial charge in [-0.3, -0.25) is 4.79 Å². The van der Waals surface area contributed by atoms with Crippen LogP contribution in [0.25, 0.3) is 11.0 Å². The van der Waals surface area contributed by atoms with Crippen LogP contribution in [0, 0.1) is 5.92 Å². The van der Waals surface area contributed by atoms with E-state index in [1.165, 1.54) is 5.56 Å². The van der Waals surface area contributed by atoms with Gasteiger partial charge in [0.2, 0.25) is 5.82 Å². The van der Waals surface area contributed by atoms with Crippen molar-refractivity contribution in [1.29, 1.82) is 0 Å². The highest BCUT2D eigenvalue weighted by atomic mass is 16.5. The quantitative estimate of drug-likeness (QED) is 0.735. The largest absolute Gasteiger partial charge is 0.464 e. The van der Waals surface area contributed by atoms with E-state index >= 15 is 0 Å². The van der Waals surface area contributed by atoms with E-state index in [0.717, 1.165) is 17.4 Å². The smallest absolute Gasteiger partial charge is 0.291 e. The van der Waals surface area contributed by atoms with Gasteiger partial charge in [-0.25, -0.2) is 9.97 Å². The first kappa shape index (κ1) is 15.8. The SMILES string of the molecule is O=C(c1ncccn1)N1CCOC[C@H](Cc2cccc3occc23)C1. The molecule has 1 amide bonds. The summed E-state index contributed by atoms with van der Waals surface area (Å²) in [5, 5.41) is 1.12. The summed E-state index contributed by atoms with van der Waals surface area (Å²) in [5.74, 6) is 0.313. The van der Waals surface area contributed by atoms with Crippen molar-refractivity contribution in [2.24, 2.45) is 5.92 Å². The third kappa shape index (κ3) is 3.39. The molecule has 0 aliphatic carbocycles. The van der Waals surface area contributed by atoms with Crippen LogP contribution in [0.5, 0.6) is 0 Å². The molecule has 1 aliphatic rings. The number of benzene rings is 1. The number of furan rings is 1. The summed E-state index contributed by atoms with van der Waals surface area (Å²) in [6.45, 7) is 2.35. The summed E-state index contributed by atoms with van der Waals surface area (Å²) in [6, 6.07) is 9.76. The van der Waals surface area contributed by atoms with Crippen molar-refractivity contribution in [3.63, 3.8) is 0 Å². The molecule has 1 saturated heterocycles. The van der Waals surface area contributed by atoms with Crippen LogP contribution < -0.4 is 0 Å². The second-order valence-corrected chi connectivity index (χ2v) is 6.22. The molecule has 4 rings (SSSR count). The van der Waals surface area contributed by atoms with Gasteiger partial charge in [0.1, 0.15) is 5.58 Å². The third-order valence-electron chi connectivity index (χ3n) is 4.48. The van der Waals surface area contributed by atoms with Crippen molar-refractivity contribution in [2.45, 2.75) is 6.42 Å². The van der Waals surface area contributed by atoms with E-state index in [0.29, 0.717) is 26.3 Å². The van der Waals surface area contributed by atoms with Crippen molar-refractivity contribution in [1.82, 2.24) is 14.9 Å². The first-order chi connectivity index (χ1) is 12.3. The van der Waals surface area contributed by atoms with Crippen LogP contribution in [0.4, 0.5) is 0 Å². The minimum absolute atomic E-state index is 0.141. The Morgan fingerprint density at radius 2 is 2.08 bits per heavy atom. The topological polar surface area (TPSA) is 68.5 Å². The van der Waals surface area contributed by atoms with Crippen LogP contribution in [0.2, 0.25) is 0 Å². The van der Waals surface area contributed by atoms with Crippen LogP contribution in [0.1, 0.15) is 16.2 Å². The van der Waals surface area contributed by atoms with E-state index in [2.05, 4.69) is 16.0 Å². The van der Waals surface area contributed by atoms with Gasteiger partial charge < -0.3 is 14.1 Å². The second kappa shape index (κ2) is 7.03. The number of ether oxygens (including phenoxy) is 1. The van der Waals surface area contributed by atoms with Gasteiger partial charge >= 0.3 is 0 Å². The van der Waals surface area contributed by atoms with Gasteiger partial charge in [0.25, 0.3) is 5.91 Å². The normalized spacial score (nSPS) is 18.2. The fourth-order valence-corrected chi connectivity index (χ4v) is 3.29. The predicted molar refractivity (Wildman–Crippen MR) is 92.2 cm³/mol. The van der Waals surface area contributed by atoms with E-state index in [1.807, 2.05) is 18.2 Å². The summed E-state index contributed by atoms with van der Waals surface area (Å²) >= 11 is 0. The van der Waals surface area contributed by atoms with E-state index in [-0.39, 0.29) is 17.6 Å². The molecule has 3 heterocycles. The van der Waals surface area contributed by atoms with E-state index < -0.39 is 0 Å². The fraction of sp³-hybridized carbons (Fsp3) is 0.316. The maximum absolute atomic E-state index is 12.7. The summed E-state index contributed by atoms with van der Waals surface area (Å²) in [5.41, 5.74) is 2.10. The minimum Gasteiger partial charge on any atom is -0.464 e. The Hall–Kier alpha value is -2.73. The molecule has 1 atom stereocenters. The molecular weight excluding hydrogens is 318 g/mol. The average molecular weight is 337 g/mol. The summed E-state index contributed by atoms with van der Waals surface area (Å²) in [6.07, 6.45) is 5.72. The zero-order chi connectivity index (χ0) is 17.1. The number of fused-ring (bicyclic) bond motifs is 1. The number of carbonyl (C=O) groups excluding carboxylic acids is 1. The van der Waals surface area contributed by atoms with E-state index in [4.69, 9.17) is 9.15 Å². The van der Waals surface area contributed by atoms with Crippen molar-refractivity contribution in [3.05, 3.63) is 60.4 Å². The molecule has 1 aliphatic heterocycles. The lowest BCUT2D eigenvalue weighted by molar-refractivity contribution is 0.0725. The molecule has 6 heteroatoms. The molecule has 0 unspecified atom stereocenters. The van der Waals surface area contributed by atoms with E-state index in [1.54, 1.807) is 29.6 Å². The number of hydrogen-bond acceptors (Lipinski definition) is 5. The van der Waals surface area contributed by atoms with Crippen LogP contribution >= 0.6 is 0 Å². The van der Waals surface area contributed by atoms with Gasteiger partial charge in [0.15, 0.2) is 0 Å². The monoisotopic (exact) mass is 337 g/mol. The molecule has 1 fully saturated rings. The van der Waals surface area contributed by atoms with Gasteiger partial charge in [-0.1, -0.05) is 12.1 Å². The van der Waals surface area contributed by atoms with Crippen LogP contribution in [-0.2, 0) is 11.2 Å². The first-order valence-electron chi connectivity index (χ1n) is 8.40. The van der Waals surface area contributed by atoms with Gasteiger partial charge in [-0.2, -0.15) is 0 Å². The first-order valence-corrected chi connectivity index (χ1v) is 8.40. The molecule has 0 bridgehead atoms. The van der Waals surface area contributed by atoms with Crippen LogP contribution in [-0.4, -0.2) is 47.1 Å². The Labute approximate surface area is 145 Å². The maximum atomic E-state index is 12.7. The Bertz CT molecular complexity index is 862. The summed E-state index contributed by atoms with van der Waals surface area (Å²) in [4.78, 5) is 22.6. The molecular formula is C19H19N3O3. The molecule has 0 N–H and O–H groups in total. The number of carbonyl (C=O) groups is 1. The third-order valence-corrected chi connectivity index (χ3v) is 4.48. The van der Waals surface area contributed by atoms with Gasteiger partial charge in [0, 0.05) is 36.8 Å². The van der Waals surface area contributed by atoms with Crippen molar-refractivity contribution < 1.29 is 13.9 Å². The Balaban J connectivity index is 1.52. The number of amides is 1. The Kier molecular flexibility index (Phi) is 4.43. The lowest BCUT2D eigenvalue weighted by Gasteiger charge is -2.23. The molecule has 0 saturated carbocycles. The molecule has 128 valence electrons. The summed E-state index contributed by atoms with van der Waals surface area (Å²) < 4.78 is 11.2. The lowest BCUT2D eigenvalue weighted by Crippen LogP contribution is -2.37. The molecule has 1 aromatic carbocycles. The fourth-order valence-electron chi connectivity index (χ4n) is 3.29. The standard InChI is InChI=1S/C19H19N3O3/c23-19(18-20-6-2-7-21-18)22-8-10-24-13-14(12-22)11-15-3-1-4-17-16(15)5-9-25-17/h1-7,9,14H,8,10-13H2/t14-/m1/s1. The maximum Gasteiger partial charge on any atom is 0.291 e. The molecule has 25 heavy (non-hydrogen) atoms. The predicted octanol–water partition coefficient (Wildman–Crippen LogP) is 2.55. The number of hydrogen-bond donors (Lipinski definition) is 0. The van der Waals surface area contributed by atoms with Crippen molar-refractivity contribution >= 4 is 16.9 Å². The van der Waals surface area contributed by atoms with Gasteiger partial charge in [0.05, 0.1) is 19.5 Å². The number of rotatable bonds is 3. The molecule has 6 nitrogen and oxygen atoms in total. The summed E-state index contributed by atoms with van der Waals surface area (Å²) in [7, 11) is 0. The highest BCUT2D eigenvalue weighted by Crippen LogP contribution is 2.23. The average Bonchev–Trinajstić information content (AvgIpc) is 3.02. The zero-order valence-electron chi connectivity index (χ0n) is 13.8.